The second kappa shape index (κ2) is 7.02. The highest BCUT2D eigenvalue weighted by atomic mass is 79.9. The van der Waals surface area contributed by atoms with Crippen LogP contribution < -0.4 is 5.32 Å². The molecule has 4 heteroatoms. The van der Waals surface area contributed by atoms with Crippen molar-refractivity contribution in [2.45, 2.75) is 26.3 Å². The third-order valence-electron chi connectivity index (χ3n) is 3.03. The Hall–Kier alpha value is -0.160. The smallest absolute Gasteiger partial charge is 0.0682 e. The molecule has 1 unspecified atom stereocenters. The van der Waals surface area contributed by atoms with Gasteiger partial charge in [0.05, 0.1) is 6.04 Å². The molecular weight excluding hydrogens is 386 g/mol. The van der Waals surface area contributed by atoms with Crippen LogP contribution in [0, 0.1) is 6.92 Å². The first-order chi connectivity index (χ1) is 9.13. The van der Waals surface area contributed by atoms with Crippen LogP contribution in [-0.2, 0) is 0 Å². The van der Waals surface area contributed by atoms with Crippen molar-refractivity contribution in [3.63, 3.8) is 0 Å². The van der Waals surface area contributed by atoms with Gasteiger partial charge in [-0.15, -0.1) is 11.3 Å². The van der Waals surface area contributed by atoms with Crippen LogP contribution >= 0.6 is 43.2 Å². The van der Waals surface area contributed by atoms with Gasteiger partial charge in [0, 0.05) is 13.8 Å². The molecule has 1 N–H and O–H groups in total. The van der Waals surface area contributed by atoms with E-state index in [1.807, 2.05) is 0 Å². The molecule has 2 aromatic rings. The normalized spacial score (nSPS) is 12.6. The number of thiophene rings is 1. The van der Waals surface area contributed by atoms with Gasteiger partial charge in [0.2, 0.25) is 0 Å². The number of rotatable bonds is 5. The summed E-state index contributed by atoms with van der Waals surface area (Å²) < 4.78 is 2.35. The van der Waals surface area contributed by atoms with Gasteiger partial charge in [-0.1, -0.05) is 35.0 Å². The van der Waals surface area contributed by atoms with Gasteiger partial charge in [-0.05, 0) is 64.5 Å². The highest BCUT2D eigenvalue weighted by molar-refractivity contribution is 9.10. The Balaban J connectivity index is 2.37. The topological polar surface area (TPSA) is 12.0 Å². The summed E-state index contributed by atoms with van der Waals surface area (Å²) in [6, 6.07) is 8.96. The molecule has 0 saturated carbocycles. The van der Waals surface area contributed by atoms with Crippen LogP contribution in [0.4, 0.5) is 0 Å². The third-order valence-corrected chi connectivity index (χ3v) is 5.82. The molecule has 0 amide bonds. The molecule has 0 aliphatic heterocycles. The van der Waals surface area contributed by atoms with Gasteiger partial charge in [-0.2, -0.15) is 0 Å². The SMILES string of the molecule is CCCNC(c1ccc(C)c(Br)c1)c1sccc1Br. The molecule has 1 heterocycles. The van der Waals surface area contributed by atoms with Gasteiger partial charge in [0.1, 0.15) is 0 Å². The van der Waals surface area contributed by atoms with Gasteiger partial charge < -0.3 is 5.32 Å². The molecule has 1 aromatic carbocycles. The molecule has 0 spiro atoms. The summed E-state index contributed by atoms with van der Waals surface area (Å²) in [7, 11) is 0. The van der Waals surface area contributed by atoms with E-state index in [4.69, 9.17) is 0 Å². The fourth-order valence-electron chi connectivity index (χ4n) is 1.95. The number of benzene rings is 1. The van der Waals surface area contributed by atoms with Crippen molar-refractivity contribution < 1.29 is 0 Å². The molecule has 1 aromatic heterocycles. The minimum absolute atomic E-state index is 0.256. The van der Waals surface area contributed by atoms with Crippen LogP contribution in [0.3, 0.4) is 0 Å². The second-order valence-corrected chi connectivity index (χ2v) is 7.18. The molecule has 0 fully saturated rings. The van der Waals surface area contributed by atoms with Crippen LogP contribution in [0.5, 0.6) is 0 Å². The fraction of sp³-hybridized carbons (Fsp3) is 0.333. The monoisotopic (exact) mass is 401 g/mol. The number of aryl methyl sites for hydroxylation is 1. The van der Waals surface area contributed by atoms with E-state index in [1.165, 1.54) is 24.9 Å². The van der Waals surface area contributed by atoms with E-state index < -0.39 is 0 Å². The van der Waals surface area contributed by atoms with Crippen LogP contribution in [-0.4, -0.2) is 6.54 Å². The second-order valence-electron chi connectivity index (χ2n) is 4.53. The first kappa shape index (κ1) is 15.2. The van der Waals surface area contributed by atoms with Crippen molar-refractivity contribution in [3.05, 3.63) is 54.6 Å². The lowest BCUT2D eigenvalue weighted by atomic mass is 10.0. The Morgan fingerprint density at radius 2 is 2.00 bits per heavy atom. The summed E-state index contributed by atoms with van der Waals surface area (Å²) in [5.74, 6) is 0. The largest absolute Gasteiger partial charge is 0.306 e. The standard InChI is InChI=1S/C15H17Br2NS/c1-3-7-18-14(15-12(16)6-8-19-15)11-5-4-10(2)13(17)9-11/h4-6,8-9,14,18H,3,7H2,1-2H3. The summed E-state index contributed by atoms with van der Waals surface area (Å²) in [6.07, 6.45) is 1.13. The first-order valence-corrected chi connectivity index (χ1v) is 8.82. The predicted molar refractivity (Wildman–Crippen MR) is 91.0 cm³/mol. The molecule has 0 aliphatic rings. The molecule has 0 bridgehead atoms. The summed E-state index contributed by atoms with van der Waals surface area (Å²) >= 11 is 9.06. The Morgan fingerprint density at radius 1 is 1.21 bits per heavy atom. The predicted octanol–water partition coefficient (Wildman–Crippen LogP) is 5.67. The lowest BCUT2D eigenvalue weighted by Crippen LogP contribution is -2.22. The highest BCUT2D eigenvalue weighted by Crippen LogP contribution is 2.34. The van der Waals surface area contributed by atoms with Crippen molar-refractivity contribution >= 4 is 43.2 Å². The van der Waals surface area contributed by atoms with Crippen LogP contribution in [0.25, 0.3) is 0 Å². The molecule has 0 radical (unpaired) electrons. The highest BCUT2D eigenvalue weighted by Gasteiger charge is 2.18. The Morgan fingerprint density at radius 3 is 2.58 bits per heavy atom. The van der Waals surface area contributed by atoms with E-state index in [9.17, 15) is 0 Å². The van der Waals surface area contributed by atoms with Crippen molar-refractivity contribution in [2.24, 2.45) is 0 Å². The number of nitrogens with one attached hydrogen (secondary N) is 1. The van der Waals surface area contributed by atoms with Crippen molar-refractivity contribution in [3.8, 4) is 0 Å². The van der Waals surface area contributed by atoms with Gasteiger partial charge in [-0.25, -0.2) is 0 Å². The van der Waals surface area contributed by atoms with E-state index >= 15 is 0 Å². The Labute approximate surface area is 135 Å². The quantitative estimate of drug-likeness (QED) is 0.679. The molecule has 1 nitrogen and oxygen atoms in total. The zero-order valence-electron chi connectivity index (χ0n) is 11.0. The molecule has 2 rings (SSSR count). The maximum absolute atomic E-state index is 3.65. The van der Waals surface area contributed by atoms with Crippen LogP contribution in [0.15, 0.2) is 38.6 Å². The minimum atomic E-state index is 0.256. The van der Waals surface area contributed by atoms with E-state index in [2.05, 4.69) is 80.7 Å². The Bertz CT molecular complexity index is 551. The fourth-order valence-corrected chi connectivity index (χ4v) is 4.05. The molecule has 0 saturated heterocycles. The lowest BCUT2D eigenvalue weighted by molar-refractivity contribution is 0.604. The van der Waals surface area contributed by atoms with Crippen LogP contribution in [0.1, 0.15) is 35.4 Å². The third kappa shape index (κ3) is 3.69. The zero-order valence-corrected chi connectivity index (χ0v) is 15.0. The van der Waals surface area contributed by atoms with E-state index in [0.717, 1.165) is 13.0 Å². The minimum Gasteiger partial charge on any atom is -0.306 e. The number of halogens is 2. The average molecular weight is 403 g/mol. The summed E-state index contributed by atoms with van der Waals surface area (Å²) in [6.45, 7) is 5.32. The lowest BCUT2D eigenvalue weighted by Gasteiger charge is -2.19. The van der Waals surface area contributed by atoms with Crippen molar-refractivity contribution in [1.29, 1.82) is 0 Å². The van der Waals surface area contributed by atoms with Crippen molar-refractivity contribution in [2.75, 3.05) is 6.54 Å². The number of hydrogen-bond acceptors (Lipinski definition) is 2. The van der Waals surface area contributed by atoms with Gasteiger partial charge in [0.15, 0.2) is 0 Å². The molecule has 1 atom stereocenters. The molecule has 102 valence electrons. The molecule has 19 heavy (non-hydrogen) atoms. The summed E-state index contributed by atoms with van der Waals surface area (Å²) in [5.41, 5.74) is 2.57. The molecule has 0 aliphatic carbocycles. The first-order valence-electron chi connectivity index (χ1n) is 6.35. The van der Waals surface area contributed by atoms with E-state index in [0.29, 0.717) is 0 Å². The summed E-state index contributed by atoms with van der Waals surface area (Å²) in [4.78, 5) is 1.34. The van der Waals surface area contributed by atoms with Gasteiger partial charge in [-0.3, -0.25) is 0 Å². The maximum atomic E-state index is 3.65. The van der Waals surface area contributed by atoms with Crippen LogP contribution in [0.2, 0.25) is 0 Å². The van der Waals surface area contributed by atoms with Gasteiger partial charge in [0.25, 0.3) is 0 Å². The Kier molecular flexibility index (Phi) is 5.63. The zero-order chi connectivity index (χ0) is 13.8. The van der Waals surface area contributed by atoms with Crippen molar-refractivity contribution in [1.82, 2.24) is 5.32 Å². The van der Waals surface area contributed by atoms with Gasteiger partial charge >= 0.3 is 0 Å². The number of hydrogen-bond donors (Lipinski definition) is 1. The average Bonchev–Trinajstić information content (AvgIpc) is 2.80. The maximum Gasteiger partial charge on any atom is 0.0682 e. The molecular formula is C15H17Br2NS. The summed E-state index contributed by atoms with van der Waals surface area (Å²) in [5, 5.41) is 5.76. The van der Waals surface area contributed by atoms with E-state index in [1.54, 1.807) is 11.3 Å². The van der Waals surface area contributed by atoms with E-state index in [-0.39, 0.29) is 6.04 Å².